The highest BCUT2D eigenvalue weighted by Crippen LogP contribution is 2.23. The molecule has 1 aromatic carbocycles. The van der Waals surface area contributed by atoms with Gasteiger partial charge in [0.2, 0.25) is 0 Å². The highest BCUT2D eigenvalue weighted by atomic mass is 16.5. The zero-order valence-electron chi connectivity index (χ0n) is 12.5. The number of nitrogens with zero attached hydrogens (tertiary/aromatic N) is 2. The predicted molar refractivity (Wildman–Crippen MR) is 84.8 cm³/mol. The van der Waals surface area contributed by atoms with Crippen molar-refractivity contribution in [3.05, 3.63) is 59.9 Å². The number of ether oxygens (including phenoxy) is 1. The van der Waals surface area contributed by atoms with Crippen molar-refractivity contribution in [1.29, 1.82) is 0 Å². The molecule has 5 nitrogen and oxygen atoms in total. The Morgan fingerprint density at radius 2 is 1.95 bits per heavy atom. The molecular formula is C17H19N3O2. The van der Waals surface area contributed by atoms with Crippen LogP contribution in [-0.2, 0) is 4.74 Å². The van der Waals surface area contributed by atoms with Crippen LogP contribution in [0.15, 0.2) is 48.8 Å². The summed E-state index contributed by atoms with van der Waals surface area (Å²) in [6, 6.07) is 11.2. The van der Waals surface area contributed by atoms with Gasteiger partial charge >= 0.3 is 0 Å². The average Bonchev–Trinajstić information content (AvgIpc) is 2.56. The Hall–Kier alpha value is -2.24. The van der Waals surface area contributed by atoms with Gasteiger partial charge in [0.1, 0.15) is 0 Å². The number of amides is 1. The van der Waals surface area contributed by atoms with Crippen molar-refractivity contribution >= 4 is 11.6 Å². The van der Waals surface area contributed by atoms with E-state index >= 15 is 0 Å². The van der Waals surface area contributed by atoms with E-state index in [9.17, 15) is 4.79 Å². The number of benzene rings is 1. The number of hydrogen-bond acceptors (Lipinski definition) is 4. The molecule has 114 valence electrons. The van der Waals surface area contributed by atoms with Gasteiger partial charge in [0.05, 0.1) is 12.7 Å². The minimum absolute atomic E-state index is 0.101. The number of anilines is 1. The third kappa shape index (κ3) is 3.50. The predicted octanol–water partition coefficient (Wildman–Crippen LogP) is 2.34. The summed E-state index contributed by atoms with van der Waals surface area (Å²) in [5.41, 5.74) is 2.50. The fraction of sp³-hybridized carbons (Fsp3) is 0.294. The summed E-state index contributed by atoms with van der Waals surface area (Å²) in [5, 5.41) is 2.88. The first kappa shape index (κ1) is 14.7. The van der Waals surface area contributed by atoms with Crippen LogP contribution in [0, 0.1) is 0 Å². The maximum absolute atomic E-state index is 12.1. The van der Waals surface area contributed by atoms with Crippen LogP contribution in [0.3, 0.4) is 0 Å². The van der Waals surface area contributed by atoms with Crippen LogP contribution in [0.4, 0.5) is 5.69 Å². The SMILES string of the molecule is CN1CCOC(c2ccc(NC(=O)c3ccncc3)cc2)C1. The molecule has 1 aromatic heterocycles. The molecular weight excluding hydrogens is 278 g/mol. The van der Waals surface area contributed by atoms with Crippen LogP contribution < -0.4 is 5.32 Å². The lowest BCUT2D eigenvalue weighted by Crippen LogP contribution is -2.35. The number of morpholine rings is 1. The third-order valence-electron chi connectivity index (χ3n) is 3.75. The number of rotatable bonds is 3. The highest BCUT2D eigenvalue weighted by Gasteiger charge is 2.19. The number of carbonyl (C=O) groups excluding carboxylic acids is 1. The van der Waals surface area contributed by atoms with Gasteiger partial charge in [0, 0.05) is 36.7 Å². The molecule has 2 heterocycles. The first-order valence-electron chi connectivity index (χ1n) is 7.34. The number of carbonyl (C=O) groups is 1. The molecule has 2 aromatic rings. The smallest absolute Gasteiger partial charge is 0.255 e. The van der Waals surface area contributed by atoms with E-state index in [0.717, 1.165) is 30.9 Å². The monoisotopic (exact) mass is 297 g/mol. The maximum Gasteiger partial charge on any atom is 0.255 e. The van der Waals surface area contributed by atoms with Gasteiger partial charge in [-0.15, -0.1) is 0 Å². The normalized spacial score (nSPS) is 18.9. The molecule has 0 bridgehead atoms. The molecule has 1 saturated heterocycles. The van der Waals surface area contributed by atoms with Gasteiger partial charge in [-0.2, -0.15) is 0 Å². The summed E-state index contributed by atoms with van der Waals surface area (Å²) in [6.07, 6.45) is 3.31. The van der Waals surface area contributed by atoms with Crippen LogP contribution in [0.5, 0.6) is 0 Å². The zero-order chi connectivity index (χ0) is 15.4. The molecule has 3 rings (SSSR count). The van der Waals surface area contributed by atoms with Crippen molar-refractivity contribution in [2.75, 3.05) is 32.1 Å². The zero-order valence-corrected chi connectivity index (χ0v) is 12.5. The largest absolute Gasteiger partial charge is 0.371 e. The number of nitrogens with one attached hydrogen (secondary N) is 1. The van der Waals surface area contributed by atoms with E-state index in [1.807, 2.05) is 24.3 Å². The molecule has 0 radical (unpaired) electrons. The third-order valence-corrected chi connectivity index (χ3v) is 3.75. The Morgan fingerprint density at radius 3 is 2.64 bits per heavy atom. The summed E-state index contributed by atoms with van der Waals surface area (Å²) in [5.74, 6) is -0.135. The van der Waals surface area contributed by atoms with Crippen LogP contribution in [0.1, 0.15) is 22.0 Å². The van der Waals surface area contributed by atoms with E-state index in [4.69, 9.17) is 4.74 Å². The van der Waals surface area contributed by atoms with Crippen molar-refractivity contribution in [2.45, 2.75) is 6.10 Å². The Bertz CT molecular complexity index is 628. The van der Waals surface area contributed by atoms with Crippen molar-refractivity contribution < 1.29 is 9.53 Å². The molecule has 0 spiro atoms. The van der Waals surface area contributed by atoms with Gasteiger partial charge in [-0.3, -0.25) is 9.78 Å². The van der Waals surface area contributed by atoms with Crippen molar-refractivity contribution in [3.8, 4) is 0 Å². The molecule has 1 aliphatic heterocycles. The Labute approximate surface area is 129 Å². The molecule has 1 N–H and O–H groups in total. The van der Waals surface area contributed by atoms with Gasteiger partial charge in [0.15, 0.2) is 0 Å². The molecule has 1 amide bonds. The minimum atomic E-state index is -0.135. The topological polar surface area (TPSA) is 54.5 Å². The molecule has 5 heteroatoms. The minimum Gasteiger partial charge on any atom is -0.371 e. The van der Waals surface area contributed by atoms with Crippen LogP contribution in [0.25, 0.3) is 0 Å². The van der Waals surface area contributed by atoms with Crippen molar-refractivity contribution in [1.82, 2.24) is 9.88 Å². The van der Waals surface area contributed by atoms with Crippen LogP contribution in [-0.4, -0.2) is 42.5 Å². The second-order valence-corrected chi connectivity index (χ2v) is 5.43. The van der Waals surface area contributed by atoms with Gasteiger partial charge in [-0.25, -0.2) is 0 Å². The molecule has 1 atom stereocenters. The molecule has 1 fully saturated rings. The van der Waals surface area contributed by atoms with Gasteiger partial charge in [0.25, 0.3) is 5.91 Å². The maximum atomic E-state index is 12.1. The Morgan fingerprint density at radius 1 is 1.23 bits per heavy atom. The highest BCUT2D eigenvalue weighted by molar-refractivity contribution is 6.04. The molecule has 0 saturated carbocycles. The Balaban J connectivity index is 1.65. The lowest BCUT2D eigenvalue weighted by atomic mass is 10.1. The van der Waals surface area contributed by atoms with Gasteiger partial charge < -0.3 is 15.0 Å². The molecule has 1 aliphatic rings. The fourth-order valence-electron chi connectivity index (χ4n) is 2.47. The summed E-state index contributed by atoms with van der Waals surface area (Å²) >= 11 is 0. The second-order valence-electron chi connectivity index (χ2n) is 5.43. The lowest BCUT2D eigenvalue weighted by Gasteiger charge is -2.30. The standard InChI is InChI=1S/C17H19N3O2/c1-20-10-11-22-16(12-20)13-2-4-15(5-3-13)19-17(21)14-6-8-18-9-7-14/h2-9,16H,10-12H2,1H3,(H,19,21). The summed E-state index contributed by atoms with van der Waals surface area (Å²) in [6.45, 7) is 2.61. The van der Waals surface area contributed by atoms with E-state index in [0.29, 0.717) is 5.56 Å². The number of likely N-dealkylation sites (N-methyl/N-ethyl adjacent to an activating group) is 1. The van der Waals surface area contributed by atoms with Crippen molar-refractivity contribution in [2.24, 2.45) is 0 Å². The second kappa shape index (κ2) is 6.68. The number of hydrogen-bond donors (Lipinski definition) is 1. The first-order valence-corrected chi connectivity index (χ1v) is 7.34. The van der Waals surface area contributed by atoms with E-state index in [2.05, 4.69) is 22.2 Å². The summed E-state index contributed by atoms with van der Waals surface area (Å²) in [7, 11) is 2.10. The molecule has 1 unspecified atom stereocenters. The fourth-order valence-corrected chi connectivity index (χ4v) is 2.47. The van der Waals surface area contributed by atoms with Crippen molar-refractivity contribution in [3.63, 3.8) is 0 Å². The van der Waals surface area contributed by atoms with E-state index < -0.39 is 0 Å². The van der Waals surface area contributed by atoms with E-state index in [-0.39, 0.29) is 12.0 Å². The Kier molecular flexibility index (Phi) is 4.46. The van der Waals surface area contributed by atoms with Crippen LogP contribution in [0.2, 0.25) is 0 Å². The van der Waals surface area contributed by atoms with Gasteiger partial charge in [-0.05, 0) is 36.9 Å². The first-order chi connectivity index (χ1) is 10.7. The quantitative estimate of drug-likeness (QED) is 0.945. The lowest BCUT2D eigenvalue weighted by molar-refractivity contribution is -0.0208. The average molecular weight is 297 g/mol. The number of pyridine rings is 1. The summed E-state index contributed by atoms with van der Waals surface area (Å²) < 4.78 is 5.79. The van der Waals surface area contributed by atoms with E-state index in [1.165, 1.54) is 0 Å². The van der Waals surface area contributed by atoms with E-state index in [1.54, 1.807) is 24.5 Å². The number of aromatic nitrogens is 1. The summed E-state index contributed by atoms with van der Waals surface area (Å²) in [4.78, 5) is 18.2. The van der Waals surface area contributed by atoms with Crippen LogP contribution >= 0.6 is 0 Å². The molecule has 22 heavy (non-hydrogen) atoms. The molecule has 0 aliphatic carbocycles. The van der Waals surface area contributed by atoms with Gasteiger partial charge in [-0.1, -0.05) is 12.1 Å².